The number of hydrogen-bond acceptors (Lipinski definition) is 5. The van der Waals surface area contributed by atoms with Crippen LogP contribution in [-0.4, -0.2) is 22.1 Å². The highest BCUT2D eigenvalue weighted by Gasteiger charge is 2.08. The van der Waals surface area contributed by atoms with Crippen LogP contribution in [0.3, 0.4) is 0 Å². The van der Waals surface area contributed by atoms with Gasteiger partial charge >= 0.3 is 12.0 Å². The molecule has 0 amide bonds. The first-order chi connectivity index (χ1) is 9.62. The first kappa shape index (κ1) is 14.5. The highest BCUT2D eigenvalue weighted by atomic mass is 35.5. The van der Waals surface area contributed by atoms with E-state index in [0.717, 1.165) is 6.42 Å². The van der Waals surface area contributed by atoms with Gasteiger partial charge in [0.2, 0.25) is 5.28 Å². The summed E-state index contributed by atoms with van der Waals surface area (Å²) in [4.78, 5) is 11.6. The Morgan fingerprint density at radius 2 is 1.75 bits per heavy atom. The fourth-order valence-corrected chi connectivity index (χ4v) is 1.80. The smallest absolute Gasteiger partial charge is 0.329 e. The predicted molar refractivity (Wildman–Crippen MR) is 76.6 cm³/mol. The van der Waals surface area contributed by atoms with Crippen molar-refractivity contribution < 1.29 is 9.47 Å². The quantitative estimate of drug-likeness (QED) is 0.838. The third kappa shape index (κ3) is 3.57. The first-order valence-electron chi connectivity index (χ1n) is 6.35. The maximum absolute atomic E-state index is 5.76. The summed E-state index contributed by atoms with van der Waals surface area (Å²) in [6.45, 7) is 4.35. The van der Waals surface area contributed by atoms with E-state index in [1.54, 1.807) is 0 Å². The zero-order valence-corrected chi connectivity index (χ0v) is 12.4. The maximum Gasteiger partial charge on any atom is 0.329 e. The maximum atomic E-state index is 5.76. The molecular formula is C14H16ClN3O2. The standard InChI is InChI=1S/C14H16ClN3O2/c1-4-9(2)10-5-7-11(8-6-10)20-14-17-12(15)16-13(18-14)19-3/h5-9H,4H2,1-3H3. The van der Waals surface area contributed by atoms with Gasteiger partial charge in [0.05, 0.1) is 7.11 Å². The second-order valence-electron chi connectivity index (χ2n) is 4.35. The zero-order valence-electron chi connectivity index (χ0n) is 11.6. The summed E-state index contributed by atoms with van der Waals surface area (Å²) >= 11 is 5.76. The third-order valence-electron chi connectivity index (χ3n) is 3.02. The first-order valence-corrected chi connectivity index (χ1v) is 6.73. The molecule has 0 aliphatic rings. The van der Waals surface area contributed by atoms with E-state index in [1.165, 1.54) is 12.7 Å². The van der Waals surface area contributed by atoms with Crippen molar-refractivity contribution in [3.05, 3.63) is 35.1 Å². The normalized spacial score (nSPS) is 12.0. The van der Waals surface area contributed by atoms with E-state index < -0.39 is 0 Å². The topological polar surface area (TPSA) is 57.1 Å². The Morgan fingerprint density at radius 1 is 1.10 bits per heavy atom. The van der Waals surface area contributed by atoms with Crippen LogP contribution in [0.1, 0.15) is 31.7 Å². The van der Waals surface area contributed by atoms with Crippen molar-refractivity contribution in [3.63, 3.8) is 0 Å². The third-order valence-corrected chi connectivity index (χ3v) is 3.19. The van der Waals surface area contributed by atoms with Crippen LogP contribution in [-0.2, 0) is 0 Å². The minimum atomic E-state index is 0.0306. The lowest BCUT2D eigenvalue weighted by molar-refractivity contribution is 0.359. The van der Waals surface area contributed by atoms with Gasteiger partial charge < -0.3 is 9.47 Å². The van der Waals surface area contributed by atoms with Crippen LogP contribution in [0, 0.1) is 0 Å². The predicted octanol–water partition coefficient (Wildman–Crippen LogP) is 3.84. The summed E-state index contributed by atoms with van der Waals surface area (Å²) in [7, 11) is 1.45. The summed E-state index contributed by atoms with van der Waals surface area (Å²) in [6, 6.07) is 8.05. The van der Waals surface area contributed by atoms with E-state index in [2.05, 4.69) is 28.8 Å². The average Bonchev–Trinajstić information content (AvgIpc) is 2.46. The molecule has 1 heterocycles. The van der Waals surface area contributed by atoms with E-state index in [4.69, 9.17) is 21.1 Å². The summed E-state index contributed by atoms with van der Waals surface area (Å²) in [5.74, 6) is 1.16. The number of aromatic nitrogens is 3. The van der Waals surface area contributed by atoms with Crippen molar-refractivity contribution in [2.24, 2.45) is 0 Å². The van der Waals surface area contributed by atoms with Crippen molar-refractivity contribution in [2.75, 3.05) is 7.11 Å². The highest BCUT2D eigenvalue weighted by molar-refractivity contribution is 6.28. The SMILES string of the molecule is CCC(C)c1ccc(Oc2nc(Cl)nc(OC)n2)cc1. The van der Waals surface area contributed by atoms with E-state index in [9.17, 15) is 0 Å². The van der Waals surface area contributed by atoms with E-state index in [-0.39, 0.29) is 17.3 Å². The van der Waals surface area contributed by atoms with Gasteiger partial charge in [0.15, 0.2) is 0 Å². The monoisotopic (exact) mass is 293 g/mol. The minimum Gasteiger partial charge on any atom is -0.467 e. The average molecular weight is 294 g/mol. The van der Waals surface area contributed by atoms with Crippen LogP contribution in [0.15, 0.2) is 24.3 Å². The van der Waals surface area contributed by atoms with Gasteiger partial charge in [0, 0.05) is 0 Å². The molecule has 5 nitrogen and oxygen atoms in total. The second kappa shape index (κ2) is 6.52. The Balaban J connectivity index is 2.15. The minimum absolute atomic E-state index is 0.0306. The molecule has 0 saturated carbocycles. The fourth-order valence-electron chi connectivity index (χ4n) is 1.66. The lowest BCUT2D eigenvalue weighted by atomic mass is 9.99. The Bertz CT molecular complexity index is 575. The van der Waals surface area contributed by atoms with Gasteiger partial charge in [-0.05, 0) is 41.6 Å². The molecule has 6 heteroatoms. The summed E-state index contributed by atoms with van der Waals surface area (Å²) < 4.78 is 10.5. The number of benzene rings is 1. The van der Waals surface area contributed by atoms with E-state index in [1.807, 2.05) is 24.3 Å². The molecule has 0 radical (unpaired) electrons. The van der Waals surface area contributed by atoms with Crippen molar-refractivity contribution >= 4 is 11.6 Å². The summed E-state index contributed by atoms with van der Waals surface area (Å²) in [5.41, 5.74) is 1.27. The Kier molecular flexibility index (Phi) is 4.74. The largest absolute Gasteiger partial charge is 0.467 e. The second-order valence-corrected chi connectivity index (χ2v) is 4.69. The molecule has 1 aromatic carbocycles. The van der Waals surface area contributed by atoms with Crippen molar-refractivity contribution in [1.29, 1.82) is 0 Å². The molecular weight excluding hydrogens is 278 g/mol. The van der Waals surface area contributed by atoms with Crippen molar-refractivity contribution in [2.45, 2.75) is 26.2 Å². The molecule has 2 aromatic rings. The van der Waals surface area contributed by atoms with Crippen LogP contribution in [0.25, 0.3) is 0 Å². The van der Waals surface area contributed by atoms with Crippen LogP contribution in [0.5, 0.6) is 17.8 Å². The highest BCUT2D eigenvalue weighted by Crippen LogP contribution is 2.24. The van der Waals surface area contributed by atoms with Crippen molar-refractivity contribution in [3.8, 4) is 17.8 Å². The summed E-state index contributed by atoms with van der Waals surface area (Å²) in [6.07, 6.45) is 1.10. The molecule has 20 heavy (non-hydrogen) atoms. The number of hydrogen-bond donors (Lipinski definition) is 0. The van der Waals surface area contributed by atoms with Gasteiger partial charge in [-0.15, -0.1) is 4.98 Å². The Hall–Kier alpha value is -1.88. The number of methoxy groups -OCH3 is 1. The molecule has 1 atom stereocenters. The molecule has 0 spiro atoms. The molecule has 2 rings (SSSR count). The number of halogens is 1. The van der Waals surface area contributed by atoms with Gasteiger partial charge in [-0.3, -0.25) is 0 Å². The fraction of sp³-hybridized carbons (Fsp3) is 0.357. The van der Waals surface area contributed by atoms with E-state index in [0.29, 0.717) is 11.7 Å². The Labute approximate surface area is 123 Å². The van der Waals surface area contributed by atoms with Gasteiger partial charge in [-0.1, -0.05) is 26.0 Å². The molecule has 0 fully saturated rings. The molecule has 0 saturated heterocycles. The molecule has 106 valence electrons. The Morgan fingerprint density at radius 3 is 2.35 bits per heavy atom. The van der Waals surface area contributed by atoms with Crippen LogP contribution in [0.4, 0.5) is 0 Å². The number of rotatable bonds is 5. The van der Waals surface area contributed by atoms with Gasteiger partial charge in [0.1, 0.15) is 5.75 Å². The molecule has 1 unspecified atom stereocenters. The van der Waals surface area contributed by atoms with E-state index >= 15 is 0 Å². The van der Waals surface area contributed by atoms with Gasteiger partial charge in [0.25, 0.3) is 0 Å². The van der Waals surface area contributed by atoms with Crippen LogP contribution < -0.4 is 9.47 Å². The number of nitrogens with zero attached hydrogens (tertiary/aromatic N) is 3. The molecule has 0 bridgehead atoms. The molecule has 0 aliphatic heterocycles. The van der Waals surface area contributed by atoms with Gasteiger partial charge in [-0.2, -0.15) is 9.97 Å². The number of ether oxygens (including phenoxy) is 2. The van der Waals surface area contributed by atoms with Crippen molar-refractivity contribution in [1.82, 2.24) is 15.0 Å². The lowest BCUT2D eigenvalue weighted by Gasteiger charge is -2.10. The molecule has 0 aliphatic carbocycles. The molecule has 1 aromatic heterocycles. The van der Waals surface area contributed by atoms with Gasteiger partial charge in [-0.25, -0.2) is 0 Å². The zero-order chi connectivity index (χ0) is 14.5. The van der Waals surface area contributed by atoms with Crippen LogP contribution >= 0.6 is 11.6 Å². The summed E-state index contributed by atoms with van der Waals surface area (Å²) in [5, 5.41) is 0.0306. The lowest BCUT2D eigenvalue weighted by Crippen LogP contribution is -1.99. The molecule has 0 N–H and O–H groups in total. The van der Waals surface area contributed by atoms with Crippen LogP contribution in [0.2, 0.25) is 5.28 Å².